The maximum absolute atomic E-state index is 13.8. The number of thioether (sulfide) groups is 1. The lowest BCUT2D eigenvalue weighted by atomic mass is 9.91. The minimum absolute atomic E-state index is 0.189. The summed E-state index contributed by atoms with van der Waals surface area (Å²) < 4.78 is 12.9. The Kier molecular flexibility index (Phi) is 6.39. The van der Waals surface area contributed by atoms with Crippen LogP contribution >= 0.6 is 24.0 Å². The summed E-state index contributed by atoms with van der Waals surface area (Å²) in [5.74, 6) is 2.70. The number of hydrogen-bond acceptors (Lipinski definition) is 8. The monoisotopic (exact) mass is 548 g/mol. The number of aryl methyl sites for hydroxylation is 1. The van der Waals surface area contributed by atoms with E-state index in [0.717, 1.165) is 30.6 Å². The summed E-state index contributed by atoms with van der Waals surface area (Å²) >= 11 is 6.80. The molecular weight excluding hydrogens is 520 g/mol. The maximum Gasteiger partial charge on any atom is 0.267 e. The summed E-state index contributed by atoms with van der Waals surface area (Å²) in [5.41, 5.74) is 2.65. The number of aromatic nitrogens is 2. The second-order valence-electron chi connectivity index (χ2n) is 10.3. The number of pyridine rings is 1. The molecule has 10 heteroatoms. The van der Waals surface area contributed by atoms with Crippen LogP contribution in [0.2, 0.25) is 0 Å². The van der Waals surface area contributed by atoms with E-state index in [2.05, 4.69) is 18.7 Å². The maximum atomic E-state index is 13.8. The molecule has 2 saturated heterocycles. The first kappa shape index (κ1) is 24.9. The van der Waals surface area contributed by atoms with Crippen molar-refractivity contribution in [1.82, 2.24) is 14.3 Å². The number of thiocarbonyl (C=S) groups is 1. The van der Waals surface area contributed by atoms with Crippen LogP contribution < -0.4 is 19.9 Å². The van der Waals surface area contributed by atoms with Gasteiger partial charge >= 0.3 is 0 Å². The largest absolute Gasteiger partial charge is 0.454 e. The van der Waals surface area contributed by atoms with Crippen LogP contribution in [0.1, 0.15) is 37.0 Å². The summed E-state index contributed by atoms with van der Waals surface area (Å²) in [7, 11) is 0. The van der Waals surface area contributed by atoms with Gasteiger partial charge in [-0.15, -0.1) is 0 Å². The van der Waals surface area contributed by atoms with E-state index in [1.807, 2.05) is 37.3 Å². The number of carbonyl (C=O) groups excluding carboxylic acids is 1. The summed E-state index contributed by atoms with van der Waals surface area (Å²) in [6.07, 6.45) is 4.54. The lowest BCUT2D eigenvalue weighted by molar-refractivity contribution is -0.122. The molecule has 0 saturated carbocycles. The number of hydrogen-bond donors (Lipinski definition) is 0. The van der Waals surface area contributed by atoms with Crippen LogP contribution in [0.3, 0.4) is 0 Å². The van der Waals surface area contributed by atoms with Crippen molar-refractivity contribution in [2.45, 2.75) is 33.7 Å². The van der Waals surface area contributed by atoms with Gasteiger partial charge in [-0.3, -0.25) is 18.9 Å². The molecule has 2 fully saturated rings. The van der Waals surface area contributed by atoms with Crippen molar-refractivity contribution in [3.63, 3.8) is 0 Å². The number of rotatable bonds is 4. The number of ether oxygens (including phenoxy) is 2. The summed E-state index contributed by atoms with van der Waals surface area (Å²) in [4.78, 5) is 36.5. The second-order valence-corrected chi connectivity index (χ2v) is 12.0. The van der Waals surface area contributed by atoms with Gasteiger partial charge in [-0.2, -0.15) is 0 Å². The average Bonchev–Trinajstić information content (AvgIpc) is 3.45. The number of anilines is 1. The summed E-state index contributed by atoms with van der Waals surface area (Å²) in [6, 6.07) is 9.39. The van der Waals surface area contributed by atoms with Crippen LogP contribution in [-0.4, -0.2) is 44.4 Å². The van der Waals surface area contributed by atoms with Crippen LogP contribution in [0.5, 0.6) is 11.5 Å². The molecule has 2 unspecified atom stereocenters. The van der Waals surface area contributed by atoms with E-state index in [-0.39, 0.29) is 18.3 Å². The van der Waals surface area contributed by atoms with Gasteiger partial charge in [-0.25, -0.2) is 4.98 Å². The fraction of sp³-hybridized carbons (Fsp3) is 0.357. The molecule has 0 spiro atoms. The molecule has 38 heavy (non-hydrogen) atoms. The van der Waals surface area contributed by atoms with Gasteiger partial charge in [0, 0.05) is 19.3 Å². The number of nitrogens with zero attached hydrogens (tertiary/aromatic N) is 4. The fourth-order valence-electron chi connectivity index (χ4n) is 5.49. The smallest absolute Gasteiger partial charge is 0.267 e. The van der Waals surface area contributed by atoms with Gasteiger partial charge in [0.25, 0.3) is 11.5 Å². The Morgan fingerprint density at radius 3 is 2.68 bits per heavy atom. The standard InChI is InChI=1S/C28H28N4O4S2/c1-16-9-17(2)13-30(12-16)25-20(26(33)31-8-4-5-18(3)24(31)29-25)11-23-27(34)32(28(37)38-23)14-19-6-7-21-22(10-19)36-15-35-21/h4-8,10-11,16-17H,9,12-15H2,1-3H3. The molecular formula is C28H28N4O4S2. The molecule has 8 nitrogen and oxygen atoms in total. The molecule has 0 radical (unpaired) electrons. The van der Waals surface area contributed by atoms with Crippen LogP contribution in [0.4, 0.5) is 5.82 Å². The van der Waals surface area contributed by atoms with Crippen LogP contribution in [0, 0.1) is 18.8 Å². The lowest BCUT2D eigenvalue weighted by Crippen LogP contribution is -2.40. The first-order valence-corrected chi connectivity index (χ1v) is 13.9. The zero-order chi connectivity index (χ0) is 26.6. The van der Waals surface area contributed by atoms with E-state index in [0.29, 0.717) is 56.1 Å². The molecule has 6 rings (SSSR count). The number of fused-ring (bicyclic) bond motifs is 2. The van der Waals surface area contributed by atoms with E-state index in [9.17, 15) is 9.59 Å². The SMILES string of the molecule is Cc1cccn2c(=O)c(C=C3SC(=S)N(Cc4ccc5c(c4)OCO5)C3=O)c(N3CC(C)CC(C)C3)nc12. The molecule has 2 atom stereocenters. The van der Waals surface area contributed by atoms with E-state index in [1.165, 1.54) is 11.8 Å². The first-order valence-electron chi connectivity index (χ1n) is 12.7. The summed E-state index contributed by atoms with van der Waals surface area (Å²) in [6.45, 7) is 8.52. The Labute approximate surface area is 230 Å². The van der Waals surface area contributed by atoms with Crippen molar-refractivity contribution < 1.29 is 14.3 Å². The Morgan fingerprint density at radius 2 is 1.89 bits per heavy atom. The molecule has 196 valence electrons. The van der Waals surface area contributed by atoms with E-state index in [4.69, 9.17) is 26.7 Å². The molecule has 0 N–H and O–H groups in total. The van der Waals surface area contributed by atoms with Crippen molar-refractivity contribution >= 4 is 51.7 Å². The van der Waals surface area contributed by atoms with Crippen molar-refractivity contribution in [1.29, 1.82) is 0 Å². The quantitative estimate of drug-likeness (QED) is 0.346. The molecule has 1 aromatic carbocycles. The Morgan fingerprint density at radius 1 is 1.13 bits per heavy atom. The molecule has 1 amide bonds. The van der Waals surface area contributed by atoms with Gasteiger partial charge < -0.3 is 14.4 Å². The molecule has 0 bridgehead atoms. The fourth-order valence-corrected chi connectivity index (χ4v) is 6.73. The first-order chi connectivity index (χ1) is 18.3. The van der Waals surface area contributed by atoms with Crippen molar-refractivity contribution in [3.8, 4) is 11.5 Å². The predicted molar refractivity (Wildman–Crippen MR) is 153 cm³/mol. The van der Waals surface area contributed by atoms with Gasteiger partial charge in [-0.1, -0.05) is 50.0 Å². The minimum atomic E-state index is -0.224. The van der Waals surface area contributed by atoms with Gasteiger partial charge in [0.2, 0.25) is 6.79 Å². The van der Waals surface area contributed by atoms with Gasteiger partial charge in [0.1, 0.15) is 15.8 Å². The highest BCUT2D eigenvalue weighted by atomic mass is 32.2. The lowest BCUT2D eigenvalue weighted by Gasteiger charge is -2.36. The van der Waals surface area contributed by atoms with Gasteiger partial charge in [-0.05, 0) is 60.6 Å². The molecule has 3 aromatic rings. The minimum Gasteiger partial charge on any atom is -0.454 e. The van der Waals surface area contributed by atoms with E-state index < -0.39 is 0 Å². The second kappa shape index (κ2) is 9.74. The number of amides is 1. The third-order valence-electron chi connectivity index (χ3n) is 7.16. The Bertz CT molecular complexity index is 1560. The third-order valence-corrected chi connectivity index (χ3v) is 8.54. The normalized spacial score (nSPS) is 22.2. The molecule has 0 aliphatic carbocycles. The van der Waals surface area contributed by atoms with Gasteiger partial charge in [0.15, 0.2) is 11.5 Å². The van der Waals surface area contributed by atoms with Gasteiger partial charge in [0.05, 0.1) is 17.0 Å². The topological polar surface area (TPSA) is 76.4 Å². The van der Waals surface area contributed by atoms with Crippen molar-refractivity contribution in [2.75, 3.05) is 24.8 Å². The van der Waals surface area contributed by atoms with Crippen molar-refractivity contribution in [3.05, 3.63) is 68.5 Å². The third kappa shape index (κ3) is 4.45. The Balaban J connectivity index is 1.39. The van der Waals surface area contributed by atoms with Crippen LogP contribution in [-0.2, 0) is 11.3 Å². The highest BCUT2D eigenvalue weighted by molar-refractivity contribution is 8.26. The zero-order valence-corrected chi connectivity index (χ0v) is 23.1. The Hall–Kier alpha value is -3.37. The molecule has 3 aliphatic rings. The number of piperidine rings is 1. The van der Waals surface area contributed by atoms with Crippen LogP contribution in [0.25, 0.3) is 11.7 Å². The van der Waals surface area contributed by atoms with E-state index >= 15 is 0 Å². The average molecular weight is 549 g/mol. The predicted octanol–water partition coefficient (Wildman–Crippen LogP) is 4.62. The highest BCUT2D eigenvalue weighted by Crippen LogP contribution is 2.37. The number of carbonyl (C=O) groups is 1. The van der Waals surface area contributed by atoms with Crippen molar-refractivity contribution in [2.24, 2.45) is 11.8 Å². The molecule has 2 aromatic heterocycles. The highest BCUT2D eigenvalue weighted by Gasteiger charge is 2.34. The molecule has 3 aliphatic heterocycles. The zero-order valence-electron chi connectivity index (χ0n) is 21.5. The molecule has 5 heterocycles. The summed E-state index contributed by atoms with van der Waals surface area (Å²) in [5, 5.41) is 0. The van der Waals surface area contributed by atoms with E-state index in [1.54, 1.807) is 21.6 Å². The van der Waals surface area contributed by atoms with Crippen LogP contribution in [0.15, 0.2) is 46.2 Å². The number of benzene rings is 1.